The Morgan fingerprint density at radius 3 is 2.74 bits per heavy atom. The van der Waals surface area contributed by atoms with Gasteiger partial charge >= 0.3 is 0 Å². The normalized spacial score (nSPS) is 20.5. The smallest absolute Gasteiger partial charge is 0.225 e. The molecule has 3 heterocycles. The molecule has 0 N–H and O–H groups in total. The van der Waals surface area contributed by atoms with E-state index in [-0.39, 0.29) is 12.0 Å². The first kappa shape index (κ1) is 14.2. The third-order valence-electron chi connectivity index (χ3n) is 4.40. The van der Waals surface area contributed by atoms with Crippen molar-refractivity contribution in [2.24, 2.45) is 5.92 Å². The van der Waals surface area contributed by atoms with Crippen LogP contribution >= 0.6 is 0 Å². The lowest BCUT2D eigenvalue weighted by Crippen LogP contribution is -2.32. The van der Waals surface area contributed by atoms with Gasteiger partial charge in [-0.1, -0.05) is 0 Å². The summed E-state index contributed by atoms with van der Waals surface area (Å²) in [6.45, 7) is 1.48. The summed E-state index contributed by atoms with van der Waals surface area (Å²) >= 11 is 0. The molecule has 2 aromatic heterocycles. The summed E-state index contributed by atoms with van der Waals surface area (Å²) in [6, 6.07) is 7.66. The lowest BCUT2D eigenvalue weighted by molar-refractivity contribution is -0.131. The first-order valence-electron chi connectivity index (χ1n) is 8.12. The van der Waals surface area contributed by atoms with Crippen LogP contribution < -0.4 is 4.74 Å². The monoisotopic (exact) mass is 309 g/mol. The molecule has 1 atom stereocenters. The molecule has 4 rings (SSSR count). The van der Waals surface area contributed by atoms with E-state index in [1.807, 2.05) is 29.2 Å². The SMILES string of the molecule is O=C(C1CC1)N1CCC(Oc2cccnc2-c2ccncc2)C1. The van der Waals surface area contributed by atoms with Crippen LogP contribution in [0.15, 0.2) is 42.9 Å². The average Bonchev–Trinajstić information content (AvgIpc) is 3.35. The maximum atomic E-state index is 12.1. The first-order valence-corrected chi connectivity index (χ1v) is 8.12. The fourth-order valence-corrected chi connectivity index (χ4v) is 3.00. The summed E-state index contributed by atoms with van der Waals surface area (Å²) in [7, 11) is 0. The Bertz CT molecular complexity index is 700. The van der Waals surface area contributed by atoms with Gasteiger partial charge in [-0.25, -0.2) is 0 Å². The molecule has 1 saturated heterocycles. The molecule has 5 heteroatoms. The maximum absolute atomic E-state index is 12.1. The highest BCUT2D eigenvalue weighted by Gasteiger charge is 2.37. The minimum atomic E-state index is 0.0440. The zero-order valence-electron chi connectivity index (χ0n) is 12.9. The minimum absolute atomic E-state index is 0.0440. The number of aromatic nitrogens is 2. The second-order valence-corrected chi connectivity index (χ2v) is 6.17. The molecule has 0 bridgehead atoms. The van der Waals surface area contributed by atoms with E-state index in [0.717, 1.165) is 42.8 Å². The number of hydrogen-bond acceptors (Lipinski definition) is 4. The summed E-state index contributed by atoms with van der Waals surface area (Å²) in [6.07, 6.45) is 8.29. The number of rotatable bonds is 4. The molecule has 2 aliphatic rings. The van der Waals surface area contributed by atoms with Gasteiger partial charge in [-0.05, 0) is 37.1 Å². The fourth-order valence-electron chi connectivity index (χ4n) is 3.00. The van der Waals surface area contributed by atoms with Crippen molar-refractivity contribution in [2.75, 3.05) is 13.1 Å². The predicted octanol–water partition coefficient (Wildman–Crippen LogP) is 2.53. The highest BCUT2D eigenvalue weighted by molar-refractivity contribution is 5.81. The zero-order valence-corrected chi connectivity index (χ0v) is 12.9. The van der Waals surface area contributed by atoms with Crippen LogP contribution in [0.2, 0.25) is 0 Å². The number of nitrogens with zero attached hydrogens (tertiary/aromatic N) is 3. The fraction of sp³-hybridized carbons (Fsp3) is 0.389. The van der Waals surface area contributed by atoms with Crippen LogP contribution in [0.25, 0.3) is 11.3 Å². The summed E-state index contributed by atoms with van der Waals surface area (Å²) in [4.78, 5) is 22.6. The largest absolute Gasteiger partial charge is 0.486 e. The van der Waals surface area contributed by atoms with Crippen LogP contribution in [0.3, 0.4) is 0 Å². The number of carbonyl (C=O) groups is 1. The Hall–Kier alpha value is -2.43. The molecular formula is C18H19N3O2. The molecule has 5 nitrogen and oxygen atoms in total. The van der Waals surface area contributed by atoms with Crippen LogP contribution in [0, 0.1) is 5.92 Å². The Morgan fingerprint density at radius 1 is 1.13 bits per heavy atom. The Kier molecular flexibility index (Phi) is 3.69. The van der Waals surface area contributed by atoms with E-state index < -0.39 is 0 Å². The zero-order chi connectivity index (χ0) is 15.6. The van der Waals surface area contributed by atoms with Gasteiger partial charge in [0.15, 0.2) is 0 Å². The van der Waals surface area contributed by atoms with E-state index in [0.29, 0.717) is 12.5 Å². The molecule has 1 aliphatic carbocycles. The summed E-state index contributed by atoms with van der Waals surface area (Å²) in [5.74, 6) is 1.35. The third kappa shape index (κ3) is 3.04. The topological polar surface area (TPSA) is 55.3 Å². The molecule has 1 unspecified atom stereocenters. The van der Waals surface area contributed by atoms with Crippen molar-refractivity contribution in [1.29, 1.82) is 0 Å². The van der Waals surface area contributed by atoms with E-state index in [2.05, 4.69) is 9.97 Å². The predicted molar refractivity (Wildman–Crippen MR) is 85.8 cm³/mol. The number of carbonyl (C=O) groups excluding carboxylic acids is 1. The Morgan fingerprint density at radius 2 is 1.96 bits per heavy atom. The second kappa shape index (κ2) is 5.99. The summed E-state index contributed by atoms with van der Waals surface area (Å²) in [5, 5.41) is 0. The quantitative estimate of drug-likeness (QED) is 0.871. The van der Waals surface area contributed by atoms with Gasteiger partial charge < -0.3 is 9.64 Å². The highest BCUT2D eigenvalue weighted by Crippen LogP contribution is 2.33. The Balaban J connectivity index is 1.48. The van der Waals surface area contributed by atoms with E-state index in [9.17, 15) is 4.79 Å². The number of amides is 1. The van der Waals surface area contributed by atoms with Crippen LogP contribution in [0.5, 0.6) is 5.75 Å². The van der Waals surface area contributed by atoms with Crippen molar-refractivity contribution in [3.8, 4) is 17.0 Å². The molecule has 2 aromatic rings. The van der Waals surface area contributed by atoms with Crippen molar-refractivity contribution in [1.82, 2.24) is 14.9 Å². The molecule has 1 saturated carbocycles. The maximum Gasteiger partial charge on any atom is 0.225 e. The van der Waals surface area contributed by atoms with Crippen LogP contribution in [0.1, 0.15) is 19.3 Å². The molecule has 0 aromatic carbocycles. The van der Waals surface area contributed by atoms with Gasteiger partial charge in [-0.2, -0.15) is 0 Å². The standard InChI is InChI=1S/C18H19N3O2/c22-18(14-3-4-14)21-11-7-15(12-21)23-16-2-1-8-20-17(16)13-5-9-19-10-6-13/h1-2,5-6,8-10,14-15H,3-4,7,11-12H2. The van der Waals surface area contributed by atoms with E-state index in [1.165, 1.54) is 0 Å². The molecule has 0 radical (unpaired) electrons. The summed E-state index contributed by atoms with van der Waals surface area (Å²) < 4.78 is 6.16. The number of pyridine rings is 2. The van der Waals surface area contributed by atoms with Crippen LogP contribution in [-0.4, -0.2) is 40.0 Å². The van der Waals surface area contributed by atoms with Crippen molar-refractivity contribution in [2.45, 2.75) is 25.4 Å². The van der Waals surface area contributed by atoms with E-state index in [4.69, 9.17) is 4.74 Å². The second-order valence-electron chi connectivity index (χ2n) is 6.17. The van der Waals surface area contributed by atoms with Gasteiger partial charge in [0.2, 0.25) is 5.91 Å². The molecular weight excluding hydrogens is 290 g/mol. The van der Waals surface area contributed by atoms with Gasteiger partial charge in [-0.3, -0.25) is 14.8 Å². The molecule has 118 valence electrons. The lowest BCUT2D eigenvalue weighted by atomic mass is 10.1. The minimum Gasteiger partial charge on any atom is -0.486 e. The molecule has 23 heavy (non-hydrogen) atoms. The number of hydrogen-bond donors (Lipinski definition) is 0. The molecule has 1 amide bonds. The molecule has 1 aliphatic heterocycles. The van der Waals surface area contributed by atoms with E-state index in [1.54, 1.807) is 18.6 Å². The van der Waals surface area contributed by atoms with Crippen molar-refractivity contribution >= 4 is 5.91 Å². The summed E-state index contributed by atoms with van der Waals surface area (Å²) in [5.41, 5.74) is 1.81. The van der Waals surface area contributed by atoms with Gasteiger partial charge in [0.25, 0.3) is 0 Å². The molecule has 0 spiro atoms. The van der Waals surface area contributed by atoms with Crippen LogP contribution in [0.4, 0.5) is 0 Å². The third-order valence-corrected chi connectivity index (χ3v) is 4.40. The molecule has 2 fully saturated rings. The number of likely N-dealkylation sites (tertiary alicyclic amines) is 1. The van der Waals surface area contributed by atoms with E-state index >= 15 is 0 Å². The highest BCUT2D eigenvalue weighted by atomic mass is 16.5. The number of ether oxygens (including phenoxy) is 1. The Labute approximate surface area is 135 Å². The van der Waals surface area contributed by atoms with Gasteiger partial charge in [0.05, 0.1) is 6.54 Å². The lowest BCUT2D eigenvalue weighted by Gasteiger charge is -2.18. The first-order chi connectivity index (χ1) is 11.3. The van der Waals surface area contributed by atoms with Crippen molar-refractivity contribution in [3.05, 3.63) is 42.9 Å². The van der Waals surface area contributed by atoms with Gasteiger partial charge in [0, 0.05) is 43.0 Å². The van der Waals surface area contributed by atoms with Crippen molar-refractivity contribution < 1.29 is 9.53 Å². The van der Waals surface area contributed by atoms with Gasteiger partial charge in [-0.15, -0.1) is 0 Å². The average molecular weight is 309 g/mol. The van der Waals surface area contributed by atoms with Gasteiger partial charge in [0.1, 0.15) is 17.5 Å². The van der Waals surface area contributed by atoms with Crippen molar-refractivity contribution in [3.63, 3.8) is 0 Å². The van der Waals surface area contributed by atoms with Crippen LogP contribution in [-0.2, 0) is 4.79 Å².